The lowest BCUT2D eigenvalue weighted by Crippen LogP contribution is -2.13. The van der Waals surface area contributed by atoms with Gasteiger partial charge in [-0.25, -0.2) is 0 Å². The van der Waals surface area contributed by atoms with E-state index in [0.29, 0.717) is 0 Å². The number of nitrogens with zero attached hydrogens (tertiary/aromatic N) is 2. The zero-order chi connectivity index (χ0) is 17.5. The largest absolute Gasteiger partial charge is 0.325 e. The third kappa shape index (κ3) is 2.37. The van der Waals surface area contributed by atoms with Crippen LogP contribution >= 0.6 is 0 Å². The molecule has 0 radical (unpaired) electrons. The van der Waals surface area contributed by atoms with Crippen LogP contribution in [0.25, 0.3) is 28.2 Å². The molecule has 5 rings (SSSR count). The molecule has 1 fully saturated rings. The van der Waals surface area contributed by atoms with E-state index in [-0.39, 0.29) is 11.8 Å². The fourth-order valence-corrected chi connectivity index (χ4v) is 3.61. The van der Waals surface area contributed by atoms with Crippen molar-refractivity contribution in [1.29, 1.82) is 0 Å². The Hall–Kier alpha value is -3.47. The average molecular weight is 340 g/mol. The Balaban J connectivity index is 1.54. The quantitative estimate of drug-likeness (QED) is 0.700. The minimum absolute atomic E-state index is 0.00860. The van der Waals surface area contributed by atoms with Crippen molar-refractivity contribution in [3.8, 4) is 11.3 Å². The number of benzene rings is 1. The molecule has 0 saturated carbocycles. The maximum Gasteiger partial charge on any atom is 0.252 e. The van der Waals surface area contributed by atoms with Crippen molar-refractivity contribution in [2.75, 3.05) is 0 Å². The summed E-state index contributed by atoms with van der Waals surface area (Å²) >= 11 is 0. The number of allylic oxidation sites excluding steroid dienone is 4. The molecule has 126 valence electrons. The van der Waals surface area contributed by atoms with Crippen LogP contribution in [-0.4, -0.2) is 21.1 Å². The first kappa shape index (κ1) is 14.8. The van der Waals surface area contributed by atoms with E-state index in [2.05, 4.69) is 26.6 Å². The molecule has 2 N–H and O–H groups in total. The summed E-state index contributed by atoms with van der Waals surface area (Å²) in [7, 11) is 0. The second-order valence-electron chi connectivity index (χ2n) is 6.51. The molecule has 2 aromatic heterocycles. The van der Waals surface area contributed by atoms with E-state index >= 15 is 0 Å². The van der Waals surface area contributed by atoms with Crippen molar-refractivity contribution in [3.05, 3.63) is 77.8 Å². The molecule has 2 aliphatic rings. The Morgan fingerprint density at radius 1 is 1.23 bits per heavy atom. The molecule has 26 heavy (non-hydrogen) atoms. The van der Waals surface area contributed by atoms with E-state index in [0.717, 1.165) is 45.4 Å². The van der Waals surface area contributed by atoms with Crippen molar-refractivity contribution in [1.82, 2.24) is 20.5 Å². The van der Waals surface area contributed by atoms with Gasteiger partial charge in [-0.15, -0.1) is 0 Å². The summed E-state index contributed by atoms with van der Waals surface area (Å²) in [6.45, 7) is 0. The SMILES string of the molecule is O=C1NC2=CC=CCC2C1=Cc1ccc2c(-c3cccnc3)n[nH]c2c1. The van der Waals surface area contributed by atoms with E-state index < -0.39 is 0 Å². The maximum atomic E-state index is 12.3. The van der Waals surface area contributed by atoms with E-state index in [9.17, 15) is 4.79 Å². The van der Waals surface area contributed by atoms with Crippen LogP contribution in [0.3, 0.4) is 0 Å². The molecule has 1 unspecified atom stereocenters. The molecule has 3 aromatic rings. The third-order valence-corrected chi connectivity index (χ3v) is 4.90. The number of amides is 1. The van der Waals surface area contributed by atoms with Crippen molar-refractivity contribution >= 4 is 22.9 Å². The number of nitrogens with one attached hydrogen (secondary N) is 2. The molecular formula is C21H16N4O. The lowest BCUT2D eigenvalue weighted by atomic mass is 9.91. The fourth-order valence-electron chi connectivity index (χ4n) is 3.61. The smallest absolute Gasteiger partial charge is 0.252 e. The number of aromatic amines is 1. The number of carbonyl (C=O) groups excluding carboxylic acids is 1. The standard InChI is InChI=1S/C21H16N4O/c26-21-17(15-5-1-2-6-18(15)23-21)10-13-7-8-16-19(11-13)24-25-20(16)14-4-3-9-22-12-14/h1-4,6-12,15H,5H2,(H,23,26)(H,24,25). The van der Waals surface area contributed by atoms with Crippen molar-refractivity contribution in [2.45, 2.75) is 6.42 Å². The van der Waals surface area contributed by atoms with Crippen molar-refractivity contribution in [3.63, 3.8) is 0 Å². The summed E-state index contributed by atoms with van der Waals surface area (Å²) < 4.78 is 0. The summed E-state index contributed by atoms with van der Waals surface area (Å²) in [4.78, 5) is 16.5. The van der Waals surface area contributed by atoms with Crippen LogP contribution in [0.15, 0.2) is 72.2 Å². The first-order valence-corrected chi connectivity index (χ1v) is 8.58. The molecule has 5 heteroatoms. The molecular weight excluding hydrogens is 324 g/mol. The van der Waals surface area contributed by atoms with Gasteiger partial charge in [-0.05, 0) is 48.4 Å². The van der Waals surface area contributed by atoms with Crippen LogP contribution in [0.1, 0.15) is 12.0 Å². The van der Waals surface area contributed by atoms with Gasteiger partial charge in [0.2, 0.25) is 0 Å². The highest BCUT2D eigenvalue weighted by Gasteiger charge is 2.32. The molecule has 1 aliphatic carbocycles. The van der Waals surface area contributed by atoms with Gasteiger partial charge in [0.05, 0.1) is 5.52 Å². The molecule has 0 spiro atoms. The molecule has 0 bridgehead atoms. The minimum atomic E-state index is -0.00860. The molecule has 5 nitrogen and oxygen atoms in total. The summed E-state index contributed by atoms with van der Waals surface area (Å²) in [6.07, 6.45) is 12.5. The van der Waals surface area contributed by atoms with Gasteiger partial charge >= 0.3 is 0 Å². The van der Waals surface area contributed by atoms with Gasteiger partial charge in [-0.1, -0.05) is 18.2 Å². The number of hydrogen-bond donors (Lipinski definition) is 2. The van der Waals surface area contributed by atoms with E-state index in [1.807, 2.05) is 48.6 Å². The Bertz CT molecular complexity index is 1110. The predicted octanol–water partition coefficient (Wildman–Crippen LogP) is 3.60. The highest BCUT2D eigenvalue weighted by Crippen LogP contribution is 2.34. The average Bonchev–Trinajstić information content (AvgIpc) is 3.23. The van der Waals surface area contributed by atoms with Crippen LogP contribution < -0.4 is 5.32 Å². The van der Waals surface area contributed by atoms with E-state index in [1.54, 1.807) is 12.4 Å². The normalized spacial score (nSPS) is 20.3. The molecule has 3 heterocycles. The first-order valence-electron chi connectivity index (χ1n) is 8.58. The number of hydrogen-bond acceptors (Lipinski definition) is 3. The van der Waals surface area contributed by atoms with E-state index in [1.165, 1.54) is 0 Å². The monoisotopic (exact) mass is 340 g/mol. The number of fused-ring (bicyclic) bond motifs is 2. The highest BCUT2D eigenvalue weighted by molar-refractivity contribution is 6.03. The van der Waals surface area contributed by atoms with Gasteiger partial charge in [0, 0.05) is 40.5 Å². The summed E-state index contributed by atoms with van der Waals surface area (Å²) in [5, 5.41) is 11.5. The van der Waals surface area contributed by atoms with Gasteiger partial charge in [0.1, 0.15) is 5.69 Å². The number of H-pyrrole nitrogens is 1. The predicted molar refractivity (Wildman–Crippen MR) is 101 cm³/mol. The first-order chi connectivity index (χ1) is 12.8. The van der Waals surface area contributed by atoms with Crippen LogP contribution in [-0.2, 0) is 4.79 Å². The van der Waals surface area contributed by atoms with Crippen molar-refractivity contribution < 1.29 is 4.79 Å². The van der Waals surface area contributed by atoms with Crippen LogP contribution in [0, 0.1) is 5.92 Å². The molecule has 1 aromatic carbocycles. The lowest BCUT2D eigenvalue weighted by molar-refractivity contribution is -0.115. The van der Waals surface area contributed by atoms with Crippen LogP contribution in [0.5, 0.6) is 0 Å². The molecule has 1 atom stereocenters. The Kier molecular flexibility index (Phi) is 3.31. The zero-order valence-electron chi connectivity index (χ0n) is 13.9. The Morgan fingerprint density at radius 2 is 2.19 bits per heavy atom. The van der Waals surface area contributed by atoms with Crippen LogP contribution in [0.2, 0.25) is 0 Å². The minimum Gasteiger partial charge on any atom is -0.325 e. The van der Waals surface area contributed by atoms with Gasteiger partial charge in [0.15, 0.2) is 0 Å². The maximum absolute atomic E-state index is 12.3. The summed E-state index contributed by atoms with van der Waals surface area (Å²) in [6, 6.07) is 9.99. The highest BCUT2D eigenvalue weighted by atomic mass is 16.2. The number of pyridine rings is 1. The second kappa shape index (κ2) is 5.81. The van der Waals surface area contributed by atoms with Crippen LogP contribution in [0.4, 0.5) is 0 Å². The summed E-state index contributed by atoms with van der Waals surface area (Å²) in [5.41, 5.74) is 5.59. The molecule has 1 amide bonds. The topological polar surface area (TPSA) is 70.7 Å². The fraction of sp³-hybridized carbons (Fsp3) is 0.0952. The van der Waals surface area contributed by atoms with Gasteiger partial charge in [0.25, 0.3) is 5.91 Å². The summed E-state index contributed by atoms with van der Waals surface area (Å²) in [5.74, 6) is 0.127. The van der Waals surface area contributed by atoms with Crippen molar-refractivity contribution in [2.24, 2.45) is 5.92 Å². The van der Waals surface area contributed by atoms with E-state index in [4.69, 9.17) is 0 Å². The lowest BCUT2D eigenvalue weighted by Gasteiger charge is -2.12. The zero-order valence-corrected chi connectivity index (χ0v) is 13.9. The second-order valence-corrected chi connectivity index (χ2v) is 6.51. The Morgan fingerprint density at radius 3 is 3.08 bits per heavy atom. The third-order valence-electron chi connectivity index (χ3n) is 4.90. The molecule has 1 saturated heterocycles. The number of carbonyl (C=O) groups is 1. The number of aromatic nitrogens is 3. The van der Waals surface area contributed by atoms with Gasteiger partial charge < -0.3 is 5.32 Å². The Labute approximate surface area is 150 Å². The van der Waals surface area contributed by atoms with Gasteiger partial charge in [-0.2, -0.15) is 5.10 Å². The van der Waals surface area contributed by atoms with Gasteiger partial charge in [-0.3, -0.25) is 14.9 Å². The molecule has 1 aliphatic heterocycles. The number of rotatable bonds is 2.